The third-order valence-corrected chi connectivity index (χ3v) is 5.05. The van der Waals surface area contributed by atoms with Gasteiger partial charge in [-0.1, -0.05) is 48.5 Å². The van der Waals surface area contributed by atoms with Gasteiger partial charge in [0.1, 0.15) is 5.75 Å². The lowest BCUT2D eigenvalue weighted by atomic mass is 9.89. The fraction of sp³-hybridized carbons (Fsp3) is 0.435. The van der Waals surface area contributed by atoms with Crippen LogP contribution in [0.3, 0.4) is 0 Å². The van der Waals surface area contributed by atoms with Crippen LogP contribution in [0.5, 0.6) is 5.75 Å². The van der Waals surface area contributed by atoms with Gasteiger partial charge in [0, 0.05) is 31.2 Å². The minimum absolute atomic E-state index is 0.138. The van der Waals surface area contributed by atoms with E-state index < -0.39 is 0 Å². The molecule has 0 amide bonds. The summed E-state index contributed by atoms with van der Waals surface area (Å²) in [4.78, 5) is 4.75. The number of methoxy groups -OCH3 is 1. The fourth-order valence-electron chi connectivity index (χ4n) is 3.63. The molecule has 1 fully saturated rings. The highest BCUT2D eigenvalue weighted by Crippen LogP contribution is 2.33. The van der Waals surface area contributed by atoms with Gasteiger partial charge in [-0.3, -0.25) is 0 Å². The van der Waals surface area contributed by atoms with Crippen LogP contribution in [-0.4, -0.2) is 32.8 Å². The minimum Gasteiger partial charge on any atom is -0.496 e. The van der Waals surface area contributed by atoms with Crippen LogP contribution in [0.2, 0.25) is 0 Å². The Morgan fingerprint density at radius 1 is 1.11 bits per heavy atom. The molecule has 3 rings (SSSR count). The van der Waals surface area contributed by atoms with Crippen molar-refractivity contribution >= 4 is 5.96 Å². The third-order valence-electron chi connectivity index (χ3n) is 5.05. The van der Waals surface area contributed by atoms with E-state index in [1.807, 2.05) is 30.3 Å². The topological polar surface area (TPSA) is 54.9 Å². The Balaban J connectivity index is 1.64. The average Bonchev–Trinajstić information content (AvgIpc) is 2.76. The van der Waals surface area contributed by atoms with Gasteiger partial charge in [-0.05, 0) is 31.4 Å². The number of hydrogen-bond acceptors (Lipinski definition) is 3. The first-order valence-electron chi connectivity index (χ1n) is 10.1. The molecule has 5 heteroatoms. The van der Waals surface area contributed by atoms with E-state index >= 15 is 0 Å². The van der Waals surface area contributed by atoms with Gasteiger partial charge in [-0.15, -0.1) is 0 Å². The van der Waals surface area contributed by atoms with E-state index in [-0.39, 0.29) is 6.10 Å². The van der Waals surface area contributed by atoms with Crippen molar-refractivity contribution < 1.29 is 9.47 Å². The lowest BCUT2D eigenvalue weighted by Crippen LogP contribution is -2.42. The van der Waals surface area contributed by atoms with Gasteiger partial charge in [0.05, 0.1) is 19.8 Å². The summed E-state index contributed by atoms with van der Waals surface area (Å²) in [7, 11) is 1.69. The molecule has 5 nitrogen and oxygen atoms in total. The first-order chi connectivity index (χ1) is 13.8. The Labute approximate surface area is 168 Å². The Morgan fingerprint density at radius 2 is 1.89 bits per heavy atom. The van der Waals surface area contributed by atoms with Crippen LogP contribution in [0.1, 0.15) is 37.0 Å². The summed E-state index contributed by atoms with van der Waals surface area (Å²) in [6, 6.07) is 18.5. The van der Waals surface area contributed by atoms with Crippen molar-refractivity contribution in [2.45, 2.75) is 32.4 Å². The standard InChI is InChI=1S/C23H31N3O2/c1-3-24-23(25-16-19-12-7-8-14-21(19)27-2)26-17-20-13-9-15-28-22(20)18-10-5-4-6-11-18/h4-8,10-12,14,20,22H,3,9,13,15-17H2,1-2H3,(H2,24,25,26). The predicted octanol–water partition coefficient (Wildman–Crippen LogP) is 3.92. The molecule has 2 unspecified atom stereocenters. The number of aliphatic imine (C=N–C) groups is 1. The van der Waals surface area contributed by atoms with Gasteiger partial charge in [0.2, 0.25) is 0 Å². The number of guanidine groups is 1. The van der Waals surface area contributed by atoms with E-state index in [4.69, 9.17) is 14.5 Å². The van der Waals surface area contributed by atoms with E-state index in [1.54, 1.807) is 7.11 Å². The minimum atomic E-state index is 0.138. The molecule has 0 radical (unpaired) electrons. The summed E-state index contributed by atoms with van der Waals surface area (Å²) in [5.41, 5.74) is 2.33. The molecule has 0 saturated carbocycles. The number of nitrogens with one attached hydrogen (secondary N) is 2. The fourth-order valence-corrected chi connectivity index (χ4v) is 3.63. The summed E-state index contributed by atoms with van der Waals surface area (Å²) in [6.07, 6.45) is 2.39. The molecule has 2 N–H and O–H groups in total. The van der Waals surface area contributed by atoms with Crippen LogP contribution < -0.4 is 15.4 Å². The van der Waals surface area contributed by atoms with Crippen LogP contribution in [0.15, 0.2) is 59.6 Å². The van der Waals surface area contributed by atoms with Crippen LogP contribution in [-0.2, 0) is 11.3 Å². The van der Waals surface area contributed by atoms with Crippen molar-refractivity contribution in [1.29, 1.82) is 0 Å². The summed E-state index contributed by atoms with van der Waals surface area (Å²) in [5, 5.41) is 6.86. The largest absolute Gasteiger partial charge is 0.496 e. The highest BCUT2D eigenvalue weighted by atomic mass is 16.5. The Morgan fingerprint density at radius 3 is 2.68 bits per heavy atom. The van der Waals surface area contributed by atoms with Crippen molar-refractivity contribution in [1.82, 2.24) is 10.6 Å². The van der Waals surface area contributed by atoms with Crippen LogP contribution in [0.4, 0.5) is 0 Å². The highest BCUT2D eigenvalue weighted by molar-refractivity contribution is 5.79. The van der Waals surface area contributed by atoms with Crippen molar-refractivity contribution in [2.24, 2.45) is 10.9 Å². The van der Waals surface area contributed by atoms with Crippen LogP contribution in [0, 0.1) is 5.92 Å². The van der Waals surface area contributed by atoms with Crippen molar-refractivity contribution in [3.8, 4) is 5.75 Å². The SMILES string of the molecule is CCNC(=NCc1ccccc1OC)NCC1CCCOC1c1ccccc1. The maximum Gasteiger partial charge on any atom is 0.191 e. The third kappa shape index (κ3) is 5.49. The quantitative estimate of drug-likeness (QED) is 0.564. The molecule has 1 heterocycles. The molecule has 0 aliphatic carbocycles. The summed E-state index contributed by atoms with van der Waals surface area (Å²) in [6.45, 7) is 5.13. The van der Waals surface area contributed by atoms with Gasteiger partial charge >= 0.3 is 0 Å². The monoisotopic (exact) mass is 381 g/mol. The molecule has 1 aliphatic heterocycles. The predicted molar refractivity (Wildman–Crippen MR) is 114 cm³/mol. The molecule has 2 aromatic rings. The maximum absolute atomic E-state index is 6.11. The summed E-state index contributed by atoms with van der Waals surface area (Å²) < 4.78 is 11.5. The summed E-state index contributed by atoms with van der Waals surface area (Å²) in [5.74, 6) is 2.11. The van der Waals surface area contributed by atoms with Gasteiger partial charge in [0.15, 0.2) is 5.96 Å². The van der Waals surface area contributed by atoms with E-state index in [2.05, 4.69) is 41.8 Å². The van der Waals surface area contributed by atoms with Crippen molar-refractivity contribution in [2.75, 3.05) is 26.8 Å². The smallest absolute Gasteiger partial charge is 0.191 e. The molecule has 2 atom stereocenters. The Hall–Kier alpha value is -2.53. The first kappa shape index (κ1) is 20.2. The van der Waals surface area contributed by atoms with Gasteiger partial charge in [-0.2, -0.15) is 0 Å². The number of rotatable bonds is 7. The van der Waals surface area contributed by atoms with E-state index in [0.29, 0.717) is 12.5 Å². The zero-order valence-electron chi connectivity index (χ0n) is 16.9. The van der Waals surface area contributed by atoms with Gasteiger partial charge < -0.3 is 20.1 Å². The highest BCUT2D eigenvalue weighted by Gasteiger charge is 2.27. The Kier molecular flexibility index (Phi) is 7.73. The second-order valence-corrected chi connectivity index (χ2v) is 6.99. The lowest BCUT2D eigenvalue weighted by Gasteiger charge is -2.32. The molecule has 0 bridgehead atoms. The molecule has 1 aliphatic rings. The molecule has 150 valence electrons. The van der Waals surface area contributed by atoms with E-state index in [0.717, 1.165) is 49.8 Å². The zero-order valence-corrected chi connectivity index (χ0v) is 16.9. The van der Waals surface area contributed by atoms with Gasteiger partial charge in [0.25, 0.3) is 0 Å². The molecule has 28 heavy (non-hydrogen) atoms. The molecular formula is C23H31N3O2. The molecule has 2 aromatic carbocycles. The zero-order chi connectivity index (χ0) is 19.6. The number of para-hydroxylation sites is 1. The molecule has 0 spiro atoms. The van der Waals surface area contributed by atoms with Crippen LogP contribution in [0.25, 0.3) is 0 Å². The molecular weight excluding hydrogens is 350 g/mol. The van der Waals surface area contributed by atoms with E-state index in [1.165, 1.54) is 5.56 Å². The second-order valence-electron chi connectivity index (χ2n) is 6.99. The first-order valence-corrected chi connectivity index (χ1v) is 10.1. The lowest BCUT2D eigenvalue weighted by molar-refractivity contribution is -0.0265. The number of benzene rings is 2. The maximum atomic E-state index is 6.11. The van der Waals surface area contributed by atoms with Crippen LogP contribution >= 0.6 is 0 Å². The number of hydrogen-bond donors (Lipinski definition) is 2. The summed E-state index contributed by atoms with van der Waals surface area (Å²) >= 11 is 0. The second kappa shape index (κ2) is 10.7. The number of nitrogens with zero attached hydrogens (tertiary/aromatic N) is 1. The van der Waals surface area contributed by atoms with Crippen molar-refractivity contribution in [3.05, 3.63) is 65.7 Å². The normalized spacial score (nSPS) is 19.9. The Bertz CT molecular complexity index is 749. The van der Waals surface area contributed by atoms with Crippen molar-refractivity contribution in [3.63, 3.8) is 0 Å². The molecule has 0 aromatic heterocycles. The average molecular weight is 382 g/mol. The van der Waals surface area contributed by atoms with E-state index in [9.17, 15) is 0 Å². The molecule has 1 saturated heterocycles. The number of ether oxygens (including phenoxy) is 2. The van der Waals surface area contributed by atoms with Gasteiger partial charge in [-0.25, -0.2) is 4.99 Å².